The van der Waals surface area contributed by atoms with Crippen LogP contribution in [0.4, 0.5) is 13.2 Å². The summed E-state index contributed by atoms with van der Waals surface area (Å²) in [4.78, 5) is 11.5. The van der Waals surface area contributed by atoms with E-state index in [0.29, 0.717) is 17.8 Å². The highest BCUT2D eigenvalue weighted by molar-refractivity contribution is 7.91. The number of sulfone groups is 1. The van der Waals surface area contributed by atoms with E-state index < -0.39 is 32.2 Å². The van der Waals surface area contributed by atoms with E-state index in [4.69, 9.17) is 5.26 Å². The molecule has 3 aromatic rings. The summed E-state index contributed by atoms with van der Waals surface area (Å²) in [6.07, 6.45) is -4.17. The molecule has 0 atom stereocenters. The lowest BCUT2D eigenvalue weighted by Gasteiger charge is -2.12. The number of aromatic nitrogens is 4. The number of alkyl halides is 3. The number of halogens is 3. The van der Waals surface area contributed by atoms with Gasteiger partial charge in [-0.25, -0.2) is 18.4 Å². The van der Waals surface area contributed by atoms with Gasteiger partial charge in [0.2, 0.25) is 0 Å². The standard InChI is InChI=1S/C16H12F3N5O2S/c1-3-27(25,26)12-6-9(16(17,18)19)8-21-13(12)15-23-11-5-4-10(7-20)22-14(11)24(15)2/h4-6,8H,3H2,1-2H3. The third-order valence-corrected chi connectivity index (χ3v) is 5.68. The molecule has 3 aromatic heterocycles. The molecule has 0 aromatic carbocycles. The molecule has 0 amide bonds. The first-order valence-electron chi connectivity index (χ1n) is 7.62. The topological polar surface area (TPSA) is 102 Å². The van der Waals surface area contributed by atoms with Crippen LogP contribution in [0.25, 0.3) is 22.7 Å². The molecule has 0 unspecified atom stereocenters. The van der Waals surface area contributed by atoms with Gasteiger partial charge in [-0.3, -0.25) is 4.98 Å². The number of hydrogen-bond donors (Lipinski definition) is 0. The summed E-state index contributed by atoms with van der Waals surface area (Å²) >= 11 is 0. The number of nitriles is 1. The minimum absolute atomic E-state index is 0.0355. The third-order valence-electron chi connectivity index (χ3n) is 3.94. The normalized spacial score (nSPS) is 12.3. The molecule has 0 bridgehead atoms. The van der Waals surface area contributed by atoms with Crippen molar-refractivity contribution < 1.29 is 21.6 Å². The maximum absolute atomic E-state index is 13.0. The Balaban J connectivity index is 2.33. The van der Waals surface area contributed by atoms with E-state index in [1.165, 1.54) is 30.7 Å². The molecule has 11 heteroatoms. The van der Waals surface area contributed by atoms with Crippen LogP contribution in [0.3, 0.4) is 0 Å². The largest absolute Gasteiger partial charge is 0.417 e. The fourth-order valence-corrected chi connectivity index (χ4v) is 3.55. The first-order valence-corrected chi connectivity index (χ1v) is 9.27. The molecular weight excluding hydrogens is 383 g/mol. The van der Waals surface area contributed by atoms with Crippen LogP contribution >= 0.6 is 0 Å². The second-order valence-corrected chi connectivity index (χ2v) is 7.86. The van der Waals surface area contributed by atoms with Crippen molar-refractivity contribution in [2.75, 3.05) is 5.75 Å². The second-order valence-electron chi connectivity index (χ2n) is 5.62. The number of fused-ring (bicyclic) bond motifs is 1. The Hall–Kier alpha value is -3.00. The van der Waals surface area contributed by atoms with E-state index in [-0.39, 0.29) is 22.9 Å². The number of imidazole rings is 1. The van der Waals surface area contributed by atoms with Crippen LogP contribution in [-0.4, -0.2) is 33.7 Å². The van der Waals surface area contributed by atoms with Crippen molar-refractivity contribution in [3.05, 3.63) is 35.7 Å². The fourth-order valence-electron chi connectivity index (χ4n) is 2.50. The van der Waals surface area contributed by atoms with Crippen molar-refractivity contribution in [1.29, 1.82) is 5.26 Å². The lowest BCUT2D eigenvalue weighted by Crippen LogP contribution is -2.13. The summed E-state index contributed by atoms with van der Waals surface area (Å²) in [6.45, 7) is 1.33. The van der Waals surface area contributed by atoms with Crippen molar-refractivity contribution in [2.45, 2.75) is 18.0 Å². The van der Waals surface area contributed by atoms with Crippen LogP contribution in [0, 0.1) is 11.3 Å². The average Bonchev–Trinajstić information content (AvgIpc) is 2.96. The molecule has 3 heterocycles. The van der Waals surface area contributed by atoms with Gasteiger partial charge in [0, 0.05) is 13.2 Å². The van der Waals surface area contributed by atoms with E-state index in [1.807, 2.05) is 6.07 Å². The molecule has 140 valence electrons. The summed E-state index contributed by atoms with van der Waals surface area (Å²) in [5, 5.41) is 8.96. The first-order chi connectivity index (χ1) is 12.6. The highest BCUT2D eigenvalue weighted by Gasteiger charge is 2.34. The van der Waals surface area contributed by atoms with Crippen LogP contribution in [-0.2, 0) is 23.1 Å². The predicted molar refractivity (Wildman–Crippen MR) is 89.2 cm³/mol. The molecule has 0 saturated heterocycles. The van der Waals surface area contributed by atoms with E-state index in [9.17, 15) is 21.6 Å². The summed E-state index contributed by atoms with van der Waals surface area (Å²) in [7, 11) is -2.50. The first kappa shape index (κ1) is 18.8. The van der Waals surface area contributed by atoms with Crippen molar-refractivity contribution in [3.8, 4) is 17.6 Å². The lowest BCUT2D eigenvalue weighted by molar-refractivity contribution is -0.138. The maximum Gasteiger partial charge on any atom is 0.417 e. The quantitative estimate of drug-likeness (QED) is 0.676. The smallest absolute Gasteiger partial charge is 0.310 e. The van der Waals surface area contributed by atoms with E-state index >= 15 is 0 Å². The fraction of sp³-hybridized carbons (Fsp3) is 0.250. The molecule has 0 saturated carbocycles. The van der Waals surface area contributed by atoms with Crippen LogP contribution in [0.1, 0.15) is 18.2 Å². The van der Waals surface area contributed by atoms with Crippen LogP contribution in [0.5, 0.6) is 0 Å². The van der Waals surface area contributed by atoms with Gasteiger partial charge in [0.05, 0.1) is 16.2 Å². The van der Waals surface area contributed by atoms with Gasteiger partial charge < -0.3 is 4.57 Å². The monoisotopic (exact) mass is 395 g/mol. The van der Waals surface area contributed by atoms with Crippen molar-refractivity contribution in [2.24, 2.45) is 7.05 Å². The van der Waals surface area contributed by atoms with Crippen molar-refractivity contribution >= 4 is 21.0 Å². The third kappa shape index (κ3) is 3.23. The second kappa shape index (κ2) is 6.31. The van der Waals surface area contributed by atoms with Gasteiger partial charge >= 0.3 is 6.18 Å². The summed E-state index contributed by atoms with van der Waals surface area (Å²) in [6, 6.07) is 5.39. The predicted octanol–water partition coefficient (Wildman–Crippen LogP) is 2.71. The number of nitrogens with zero attached hydrogens (tertiary/aromatic N) is 5. The lowest BCUT2D eigenvalue weighted by atomic mass is 10.2. The Morgan fingerprint density at radius 3 is 2.56 bits per heavy atom. The number of rotatable bonds is 3. The zero-order valence-corrected chi connectivity index (χ0v) is 14.9. The SMILES string of the molecule is CCS(=O)(=O)c1cc(C(F)(F)F)cnc1-c1nc2ccc(C#N)nc2n1C. The highest BCUT2D eigenvalue weighted by Crippen LogP contribution is 2.34. The average molecular weight is 395 g/mol. The Labute approximate surface area is 152 Å². The molecule has 0 aliphatic rings. The molecule has 27 heavy (non-hydrogen) atoms. The Morgan fingerprint density at radius 1 is 1.26 bits per heavy atom. The molecule has 0 spiro atoms. The highest BCUT2D eigenvalue weighted by atomic mass is 32.2. The molecule has 0 radical (unpaired) electrons. The molecule has 3 rings (SSSR count). The Bertz CT molecular complexity index is 1190. The van der Waals surface area contributed by atoms with Gasteiger partial charge in [-0.1, -0.05) is 6.92 Å². The van der Waals surface area contributed by atoms with Crippen LogP contribution < -0.4 is 0 Å². The van der Waals surface area contributed by atoms with Gasteiger partial charge in [0.25, 0.3) is 0 Å². The molecule has 0 N–H and O–H groups in total. The zero-order valence-electron chi connectivity index (χ0n) is 14.1. The van der Waals surface area contributed by atoms with Gasteiger partial charge in [-0.05, 0) is 18.2 Å². The van der Waals surface area contributed by atoms with Crippen molar-refractivity contribution in [1.82, 2.24) is 19.5 Å². The molecular formula is C16H12F3N5O2S. The van der Waals surface area contributed by atoms with Gasteiger partial charge in [-0.2, -0.15) is 18.4 Å². The molecule has 0 aliphatic carbocycles. The van der Waals surface area contributed by atoms with Crippen LogP contribution in [0.15, 0.2) is 29.3 Å². The maximum atomic E-state index is 13.0. The number of pyridine rings is 2. The van der Waals surface area contributed by atoms with Gasteiger partial charge in [0.15, 0.2) is 21.3 Å². The summed E-state index contributed by atoms with van der Waals surface area (Å²) in [5.41, 5.74) is -0.608. The minimum atomic E-state index is -4.74. The summed E-state index contributed by atoms with van der Waals surface area (Å²) in [5.74, 6) is -0.364. The zero-order chi connectivity index (χ0) is 20.0. The van der Waals surface area contributed by atoms with E-state index in [0.717, 1.165) is 0 Å². The van der Waals surface area contributed by atoms with Crippen molar-refractivity contribution in [3.63, 3.8) is 0 Å². The Kier molecular flexibility index (Phi) is 4.39. The Morgan fingerprint density at radius 2 is 1.96 bits per heavy atom. The minimum Gasteiger partial charge on any atom is -0.310 e. The summed E-state index contributed by atoms with van der Waals surface area (Å²) < 4.78 is 65.3. The van der Waals surface area contributed by atoms with Gasteiger partial charge in [0.1, 0.15) is 23.0 Å². The number of hydrogen-bond acceptors (Lipinski definition) is 6. The molecule has 0 fully saturated rings. The van der Waals surface area contributed by atoms with Crippen LogP contribution in [0.2, 0.25) is 0 Å². The van der Waals surface area contributed by atoms with Gasteiger partial charge in [-0.15, -0.1) is 0 Å². The molecule has 7 nitrogen and oxygen atoms in total. The number of aryl methyl sites for hydroxylation is 1. The van der Waals surface area contributed by atoms with E-state index in [1.54, 1.807) is 0 Å². The molecule has 0 aliphatic heterocycles. The van der Waals surface area contributed by atoms with E-state index in [2.05, 4.69) is 15.0 Å².